The van der Waals surface area contributed by atoms with Crippen LogP contribution in [0.4, 0.5) is 0 Å². The smallest absolute Gasteiger partial charge is 0.326 e. The summed E-state index contributed by atoms with van der Waals surface area (Å²) in [7, 11) is 0. The summed E-state index contributed by atoms with van der Waals surface area (Å²) in [5.41, 5.74) is 11.3. The number of aromatic hydroxyl groups is 1. The number of hydrogen-bond acceptors (Lipinski definition) is 11. The molecule has 0 unspecified atom stereocenters. The van der Waals surface area contributed by atoms with Crippen molar-refractivity contribution in [1.82, 2.24) is 31.9 Å². The van der Waals surface area contributed by atoms with Crippen molar-refractivity contribution in [2.24, 2.45) is 23.3 Å². The van der Waals surface area contributed by atoms with E-state index in [1.165, 1.54) is 24.3 Å². The average molecular weight is 738 g/mol. The van der Waals surface area contributed by atoms with Crippen molar-refractivity contribution in [3.05, 3.63) is 29.8 Å². The van der Waals surface area contributed by atoms with Gasteiger partial charge in [-0.2, -0.15) is 0 Å². The molecule has 0 fully saturated rings. The van der Waals surface area contributed by atoms with Gasteiger partial charge < -0.3 is 63.8 Å². The summed E-state index contributed by atoms with van der Waals surface area (Å²) in [6.45, 7) is 5.71. The van der Waals surface area contributed by atoms with E-state index in [1.54, 1.807) is 27.7 Å². The number of nitrogens with one attached hydrogen (secondary N) is 7. The fourth-order valence-corrected chi connectivity index (χ4v) is 4.92. The standard InChI is InChI=1S/C33H55N9O10/c1-17(2)12-23(29(48)41-25(32(51)52)13-18(3)4)39-30(49)24(14-19-7-9-20(45)10-8-19)40-28(47)22(6-5-11-37-33(35)36)38-31(50)26(16-44)42-27(46)21(34)15-43/h7-10,17-18,21-26,43-45H,5-6,11-16,34H2,1-4H3,(H,38,50)(H,39,49)(H,40,47)(H,41,48)(H,42,46)(H,51,52)(H4,35,36,37)/t21-,22-,23-,24-,25-,26-/m0/s1. The van der Waals surface area contributed by atoms with E-state index in [0.717, 1.165) is 0 Å². The number of aliphatic hydroxyl groups excluding tert-OH is 2. The summed E-state index contributed by atoms with van der Waals surface area (Å²) in [6.07, 6.45) is 0.239. The maximum Gasteiger partial charge on any atom is 0.326 e. The molecule has 19 nitrogen and oxygen atoms in total. The van der Waals surface area contributed by atoms with Crippen molar-refractivity contribution in [2.75, 3.05) is 19.8 Å². The second kappa shape index (κ2) is 22.7. The highest BCUT2D eigenvalue weighted by Crippen LogP contribution is 2.14. The van der Waals surface area contributed by atoms with Gasteiger partial charge in [0.2, 0.25) is 29.5 Å². The highest BCUT2D eigenvalue weighted by Gasteiger charge is 2.33. The van der Waals surface area contributed by atoms with Crippen LogP contribution in [-0.2, 0) is 35.2 Å². The lowest BCUT2D eigenvalue weighted by atomic mass is 9.99. The summed E-state index contributed by atoms with van der Waals surface area (Å²) in [5.74, 6) is -6.12. The van der Waals surface area contributed by atoms with Gasteiger partial charge in [-0.1, -0.05) is 39.8 Å². The molecule has 0 bridgehead atoms. The predicted octanol–water partition coefficient (Wildman–Crippen LogP) is -2.89. The number of guanidine groups is 1. The Kier molecular flexibility index (Phi) is 19.7. The molecule has 1 aromatic rings. The first-order valence-electron chi connectivity index (χ1n) is 17.0. The van der Waals surface area contributed by atoms with Crippen LogP contribution in [0.5, 0.6) is 5.75 Å². The van der Waals surface area contributed by atoms with Gasteiger partial charge in [0.05, 0.1) is 13.2 Å². The lowest BCUT2D eigenvalue weighted by Gasteiger charge is -2.28. The topological polar surface area (TPSA) is 331 Å². The normalized spacial score (nSPS) is 14.6. The van der Waals surface area contributed by atoms with E-state index in [0.29, 0.717) is 5.56 Å². The first kappa shape index (κ1) is 45.0. The van der Waals surface area contributed by atoms with Crippen LogP contribution in [0.3, 0.4) is 0 Å². The van der Waals surface area contributed by atoms with Gasteiger partial charge in [0, 0.05) is 13.0 Å². The summed E-state index contributed by atoms with van der Waals surface area (Å²) in [4.78, 5) is 78.2. The second-order valence-electron chi connectivity index (χ2n) is 13.2. The molecule has 15 N–H and O–H groups in total. The van der Waals surface area contributed by atoms with Gasteiger partial charge >= 0.3 is 5.97 Å². The van der Waals surface area contributed by atoms with Gasteiger partial charge in [-0.15, -0.1) is 0 Å². The number of aliphatic carboxylic acids is 1. The minimum atomic E-state index is -1.56. The van der Waals surface area contributed by atoms with Crippen LogP contribution in [-0.4, -0.2) is 118 Å². The Morgan fingerprint density at radius 1 is 0.692 bits per heavy atom. The van der Waals surface area contributed by atoms with Crippen molar-refractivity contribution in [1.29, 1.82) is 5.41 Å². The summed E-state index contributed by atoms with van der Waals surface area (Å²) < 4.78 is 0. The third kappa shape index (κ3) is 16.8. The number of nitrogens with two attached hydrogens (primary N) is 2. The Hall–Kier alpha value is -5.01. The van der Waals surface area contributed by atoms with Crippen LogP contribution in [0, 0.1) is 17.2 Å². The van der Waals surface area contributed by atoms with Crippen molar-refractivity contribution < 1.29 is 49.2 Å². The molecule has 0 saturated carbocycles. The van der Waals surface area contributed by atoms with Gasteiger partial charge in [-0.25, -0.2) is 4.79 Å². The highest BCUT2D eigenvalue weighted by atomic mass is 16.4. The van der Waals surface area contributed by atoms with Gasteiger partial charge in [-0.05, 0) is 55.2 Å². The van der Waals surface area contributed by atoms with E-state index in [4.69, 9.17) is 22.0 Å². The first-order chi connectivity index (χ1) is 24.4. The van der Waals surface area contributed by atoms with E-state index < -0.39 is 85.0 Å². The Morgan fingerprint density at radius 3 is 1.67 bits per heavy atom. The molecule has 0 aromatic heterocycles. The third-order valence-electron chi connectivity index (χ3n) is 7.64. The molecule has 1 rings (SSSR count). The zero-order chi connectivity index (χ0) is 39.5. The van der Waals surface area contributed by atoms with Crippen LogP contribution < -0.4 is 43.4 Å². The summed E-state index contributed by atoms with van der Waals surface area (Å²) >= 11 is 0. The molecule has 0 aliphatic rings. The van der Waals surface area contributed by atoms with Crippen molar-refractivity contribution in [3.63, 3.8) is 0 Å². The van der Waals surface area contributed by atoms with E-state index >= 15 is 0 Å². The number of aliphatic hydroxyl groups is 2. The third-order valence-corrected chi connectivity index (χ3v) is 7.64. The lowest BCUT2D eigenvalue weighted by Crippen LogP contribution is -2.60. The fraction of sp³-hybridized carbons (Fsp3) is 0.606. The Balaban J connectivity index is 3.41. The quantitative estimate of drug-likeness (QED) is 0.0305. The lowest BCUT2D eigenvalue weighted by molar-refractivity contribution is -0.143. The zero-order valence-corrected chi connectivity index (χ0v) is 30.0. The number of carbonyl (C=O) groups excluding carboxylic acids is 5. The molecule has 5 amide bonds. The molecule has 0 spiro atoms. The van der Waals surface area contributed by atoms with Crippen LogP contribution in [0.25, 0.3) is 0 Å². The minimum Gasteiger partial charge on any atom is -0.508 e. The fourth-order valence-electron chi connectivity index (χ4n) is 4.92. The minimum absolute atomic E-state index is 0.0516. The van der Waals surface area contributed by atoms with Gasteiger partial charge in [0.25, 0.3) is 0 Å². The van der Waals surface area contributed by atoms with Crippen LogP contribution >= 0.6 is 0 Å². The molecule has 0 aliphatic carbocycles. The van der Waals surface area contributed by atoms with Crippen LogP contribution in [0.15, 0.2) is 24.3 Å². The summed E-state index contributed by atoms with van der Waals surface area (Å²) in [6, 6.07) is -2.29. The molecule has 19 heteroatoms. The van der Waals surface area contributed by atoms with E-state index in [-0.39, 0.29) is 62.2 Å². The number of phenols is 1. The first-order valence-corrected chi connectivity index (χ1v) is 17.0. The number of benzene rings is 1. The average Bonchev–Trinajstić information content (AvgIpc) is 3.07. The summed E-state index contributed by atoms with van der Waals surface area (Å²) in [5, 5.41) is 60.6. The molecule has 52 heavy (non-hydrogen) atoms. The second-order valence-corrected chi connectivity index (χ2v) is 13.2. The van der Waals surface area contributed by atoms with Gasteiger partial charge in [0.15, 0.2) is 5.96 Å². The predicted molar refractivity (Wildman–Crippen MR) is 189 cm³/mol. The van der Waals surface area contributed by atoms with Crippen molar-refractivity contribution in [2.45, 2.75) is 96.1 Å². The largest absolute Gasteiger partial charge is 0.508 e. The number of phenolic OH excluding ortho intramolecular Hbond substituents is 1. The molecule has 0 radical (unpaired) electrons. The molecule has 0 saturated heterocycles. The molecular weight excluding hydrogens is 682 g/mol. The van der Waals surface area contributed by atoms with E-state index in [1.807, 2.05) is 0 Å². The van der Waals surface area contributed by atoms with Gasteiger partial charge in [0.1, 0.15) is 42.0 Å². The van der Waals surface area contributed by atoms with Crippen molar-refractivity contribution >= 4 is 41.5 Å². The maximum atomic E-state index is 13.9. The van der Waals surface area contributed by atoms with Crippen molar-refractivity contribution in [3.8, 4) is 5.75 Å². The molecule has 1 aromatic carbocycles. The Bertz CT molecular complexity index is 1360. The number of hydrogen-bond donors (Lipinski definition) is 13. The molecular formula is C33H55N9O10. The number of carboxylic acids is 1. The number of carboxylic acid groups (broad SMARTS) is 1. The Morgan fingerprint density at radius 2 is 1.15 bits per heavy atom. The molecule has 292 valence electrons. The SMILES string of the molecule is CC(C)C[C@H](NC(=O)[C@H](CC(C)C)NC(=O)[C@H](Cc1ccc(O)cc1)NC(=O)[C@H](CCCNC(=N)N)NC(=O)[C@H](CO)NC(=O)[C@@H](N)CO)C(=O)O. The molecule has 0 heterocycles. The number of amides is 5. The van der Waals surface area contributed by atoms with Gasteiger partial charge in [-0.3, -0.25) is 29.4 Å². The molecule has 0 aliphatic heterocycles. The zero-order valence-electron chi connectivity index (χ0n) is 30.0. The highest BCUT2D eigenvalue weighted by molar-refractivity contribution is 5.96. The Labute approximate surface area is 302 Å². The maximum absolute atomic E-state index is 13.9. The van der Waals surface area contributed by atoms with E-state index in [2.05, 4.69) is 31.9 Å². The monoisotopic (exact) mass is 737 g/mol. The van der Waals surface area contributed by atoms with E-state index in [9.17, 15) is 44.1 Å². The molecule has 6 atom stereocenters. The number of carbonyl (C=O) groups is 6. The number of rotatable bonds is 23. The van der Waals surface area contributed by atoms with Crippen LogP contribution in [0.2, 0.25) is 0 Å². The van der Waals surface area contributed by atoms with Crippen LogP contribution in [0.1, 0.15) is 58.9 Å².